The molecule has 0 aliphatic rings. The van der Waals surface area contributed by atoms with E-state index in [1.54, 1.807) is 0 Å². The van der Waals surface area contributed by atoms with Crippen LogP contribution < -0.4 is 5.73 Å². The first kappa shape index (κ1) is 18.9. The zero-order chi connectivity index (χ0) is 17.4. The van der Waals surface area contributed by atoms with E-state index in [0.717, 1.165) is 17.5 Å². The molecule has 2 rings (SSSR count). The highest BCUT2D eigenvalue weighted by atomic mass is 31.2. The third-order valence-corrected chi connectivity index (χ3v) is 6.71. The third kappa shape index (κ3) is 4.34. The second kappa shape index (κ2) is 9.14. The number of rotatable bonds is 9. The van der Waals surface area contributed by atoms with E-state index in [2.05, 4.69) is 24.3 Å². The summed E-state index contributed by atoms with van der Waals surface area (Å²) in [6, 6.07) is 20.2. The van der Waals surface area contributed by atoms with Crippen molar-refractivity contribution >= 4 is 7.60 Å². The minimum absolute atomic E-state index is 0.0790. The van der Waals surface area contributed by atoms with Crippen LogP contribution in [-0.4, -0.2) is 26.4 Å². The van der Waals surface area contributed by atoms with Gasteiger partial charge in [-0.25, -0.2) is 0 Å². The minimum Gasteiger partial charge on any atom is -0.330 e. The summed E-state index contributed by atoms with van der Waals surface area (Å²) in [5.41, 5.74) is 7.61. The van der Waals surface area contributed by atoms with Crippen molar-refractivity contribution in [3.8, 4) is 0 Å². The summed E-state index contributed by atoms with van der Waals surface area (Å²) in [4.78, 5) is 0. The molecule has 0 aliphatic heterocycles. The molecule has 2 aromatic carbocycles. The first-order valence-electron chi connectivity index (χ1n) is 8.17. The predicted molar refractivity (Wildman–Crippen MR) is 98.4 cm³/mol. The molecule has 0 aliphatic carbocycles. The van der Waals surface area contributed by atoms with E-state index in [9.17, 15) is 4.57 Å². The maximum absolute atomic E-state index is 13.3. The van der Waals surface area contributed by atoms with Crippen molar-refractivity contribution < 1.29 is 13.6 Å². The van der Waals surface area contributed by atoms with Crippen LogP contribution in [0.2, 0.25) is 0 Å². The molecule has 0 amide bonds. The smallest absolute Gasteiger partial charge is 0.330 e. The van der Waals surface area contributed by atoms with Gasteiger partial charge >= 0.3 is 7.60 Å². The molecule has 0 aromatic heterocycles. The van der Waals surface area contributed by atoms with Gasteiger partial charge in [-0.2, -0.15) is 0 Å². The molecule has 4 nitrogen and oxygen atoms in total. The molecule has 2 aromatic rings. The zero-order valence-corrected chi connectivity index (χ0v) is 15.2. The quantitative estimate of drug-likeness (QED) is 0.683. The van der Waals surface area contributed by atoms with Gasteiger partial charge in [-0.15, -0.1) is 0 Å². The molecule has 0 heterocycles. The van der Waals surface area contributed by atoms with Gasteiger partial charge in [-0.1, -0.05) is 60.7 Å². The van der Waals surface area contributed by atoms with E-state index in [1.807, 2.05) is 36.4 Å². The summed E-state index contributed by atoms with van der Waals surface area (Å²) in [5, 5.41) is 0. The van der Waals surface area contributed by atoms with Crippen molar-refractivity contribution in [3.63, 3.8) is 0 Å². The van der Waals surface area contributed by atoms with E-state index in [1.165, 1.54) is 14.2 Å². The predicted octanol–water partition coefficient (Wildman–Crippen LogP) is 4.41. The molecule has 0 spiro atoms. The van der Waals surface area contributed by atoms with E-state index in [4.69, 9.17) is 14.8 Å². The second-order valence-electron chi connectivity index (χ2n) is 5.70. The van der Waals surface area contributed by atoms with Gasteiger partial charge < -0.3 is 14.8 Å². The van der Waals surface area contributed by atoms with E-state index in [-0.39, 0.29) is 11.6 Å². The van der Waals surface area contributed by atoms with Crippen LogP contribution in [0.15, 0.2) is 60.7 Å². The summed E-state index contributed by atoms with van der Waals surface area (Å²) in [6.07, 6.45) is 1.43. The van der Waals surface area contributed by atoms with Crippen molar-refractivity contribution in [3.05, 3.63) is 71.8 Å². The van der Waals surface area contributed by atoms with Crippen LogP contribution in [0.3, 0.4) is 0 Å². The Morgan fingerprint density at radius 1 is 0.917 bits per heavy atom. The molecule has 0 saturated heterocycles. The van der Waals surface area contributed by atoms with Crippen molar-refractivity contribution in [2.75, 3.05) is 20.8 Å². The van der Waals surface area contributed by atoms with Gasteiger partial charge in [0.25, 0.3) is 0 Å². The summed E-state index contributed by atoms with van der Waals surface area (Å²) < 4.78 is 24.0. The fraction of sp³-hybridized carbons (Fsp3) is 0.368. The lowest BCUT2D eigenvalue weighted by Crippen LogP contribution is -2.23. The minimum atomic E-state index is -3.26. The molecule has 24 heavy (non-hydrogen) atoms. The molecule has 0 bridgehead atoms. The Labute approximate surface area is 144 Å². The standard InChI is InChI=1S/C19H26NO3P/c1-22-24(21,23-2)18(14-9-15-20)19(16-10-5-3-6-11-16)17-12-7-4-8-13-17/h3-8,10-13,18-19H,9,14-15,20H2,1-2H3/t18-/m0/s1. The van der Waals surface area contributed by atoms with Crippen LogP contribution in [0, 0.1) is 0 Å². The van der Waals surface area contributed by atoms with Crippen LogP contribution in [0.4, 0.5) is 0 Å². The van der Waals surface area contributed by atoms with Crippen molar-refractivity contribution in [1.29, 1.82) is 0 Å². The summed E-state index contributed by atoms with van der Waals surface area (Å²) in [5.74, 6) is -0.0790. The maximum atomic E-state index is 13.3. The zero-order valence-electron chi connectivity index (χ0n) is 14.3. The highest BCUT2D eigenvalue weighted by molar-refractivity contribution is 7.54. The highest BCUT2D eigenvalue weighted by Gasteiger charge is 2.40. The van der Waals surface area contributed by atoms with Crippen LogP contribution in [0.1, 0.15) is 29.9 Å². The van der Waals surface area contributed by atoms with Gasteiger partial charge in [0.15, 0.2) is 0 Å². The monoisotopic (exact) mass is 347 g/mol. The highest BCUT2D eigenvalue weighted by Crippen LogP contribution is 2.59. The van der Waals surface area contributed by atoms with E-state index < -0.39 is 7.60 Å². The first-order chi connectivity index (χ1) is 11.7. The Morgan fingerprint density at radius 2 is 1.38 bits per heavy atom. The lowest BCUT2D eigenvalue weighted by Gasteiger charge is -2.32. The first-order valence-corrected chi connectivity index (χ1v) is 9.78. The maximum Gasteiger partial charge on any atom is 0.334 e. The molecule has 130 valence electrons. The largest absolute Gasteiger partial charge is 0.334 e. The summed E-state index contributed by atoms with van der Waals surface area (Å²) >= 11 is 0. The topological polar surface area (TPSA) is 61.5 Å². The molecular weight excluding hydrogens is 321 g/mol. The van der Waals surface area contributed by atoms with Crippen LogP contribution in [0.25, 0.3) is 0 Å². The van der Waals surface area contributed by atoms with Gasteiger partial charge in [-0.3, -0.25) is 4.57 Å². The van der Waals surface area contributed by atoms with Crippen LogP contribution in [0.5, 0.6) is 0 Å². The second-order valence-corrected chi connectivity index (χ2v) is 8.18. The molecule has 0 radical (unpaired) electrons. The Bertz CT molecular complexity index is 601. The van der Waals surface area contributed by atoms with Gasteiger partial charge in [0, 0.05) is 20.1 Å². The lowest BCUT2D eigenvalue weighted by atomic mass is 9.86. The molecule has 0 unspecified atom stereocenters. The Balaban J connectivity index is 2.54. The van der Waals surface area contributed by atoms with Gasteiger partial charge in [-0.05, 0) is 30.5 Å². The van der Waals surface area contributed by atoms with E-state index >= 15 is 0 Å². The molecule has 0 saturated carbocycles. The van der Waals surface area contributed by atoms with Gasteiger partial charge in [0.2, 0.25) is 0 Å². The van der Waals surface area contributed by atoms with Gasteiger partial charge in [0.05, 0.1) is 5.66 Å². The SMILES string of the molecule is COP(=O)(OC)[C@@H](CCCN)C(c1ccccc1)c1ccccc1. The number of nitrogens with two attached hydrogens (primary N) is 1. The Kier molecular flexibility index (Phi) is 7.19. The third-order valence-electron chi connectivity index (χ3n) is 4.32. The average molecular weight is 347 g/mol. The number of hydrogen-bond donors (Lipinski definition) is 1. The fourth-order valence-electron chi connectivity index (χ4n) is 3.14. The number of benzene rings is 2. The molecule has 1 atom stereocenters. The molecule has 0 fully saturated rings. The van der Waals surface area contributed by atoms with E-state index in [0.29, 0.717) is 13.0 Å². The van der Waals surface area contributed by atoms with Crippen LogP contribution in [-0.2, 0) is 13.6 Å². The average Bonchev–Trinajstić information content (AvgIpc) is 2.66. The van der Waals surface area contributed by atoms with Gasteiger partial charge in [0.1, 0.15) is 0 Å². The summed E-state index contributed by atoms with van der Waals surface area (Å²) in [6.45, 7) is 0.542. The lowest BCUT2D eigenvalue weighted by molar-refractivity contribution is 0.259. The fourth-order valence-corrected chi connectivity index (χ4v) is 5.04. The normalized spacial score (nSPS) is 13.2. The van der Waals surface area contributed by atoms with Crippen molar-refractivity contribution in [2.45, 2.75) is 24.4 Å². The van der Waals surface area contributed by atoms with Crippen molar-refractivity contribution in [1.82, 2.24) is 0 Å². The van der Waals surface area contributed by atoms with Crippen LogP contribution >= 0.6 is 7.60 Å². The summed E-state index contributed by atoms with van der Waals surface area (Å²) in [7, 11) is -0.361. The molecule has 2 N–H and O–H groups in total. The Morgan fingerprint density at radius 3 is 1.75 bits per heavy atom. The molecule has 5 heteroatoms. The molecular formula is C19H26NO3P. The van der Waals surface area contributed by atoms with Crippen molar-refractivity contribution in [2.24, 2.45) is 5.73 Å². The number of hydrogen-bond acceptors (Lipinski definition) is 4. The Hall–Kier alpha value is -1.45.